The molecule has 0 saturated heterocycles. The Morgan fingerprint density at radius 1 is 0.700 bits per heavy atom. The van der Waals surface area contributed by atoms with Gasteiger partial charge in [-0.15, -0.1) is 0 Å². The van der Waals surface area contributed by atoms with Crippen LogP contribution < -0.4 is 49.7 Å². The van der Waals surface area contributed by atoms with Crippen LogP contribution in [-0.2, 0) is 23.9 Å². The minimum atomic E-state index is -3.15. The minimum absolute atomic E-state index is 0. The van der Waals surface area contributed by atoms with Gasteiger partial charge in [-0.25, -0.2) is 17.6 Å². The second-order valence-corrected chi connectivity index (χ2v) is 12.7. The molecule has 3 radical (unpaired) electrons. The van der Waals surface area contributed by atoms with E-state index in [1.807, 2.05) is 0 Å². The number of aliphatic hydroxyl groups is 2. The third-order valence-electron chi connectivity index (χ3n) is 8.36. The number of amides is 2. The third kappa shape index (κ3) is 21.0. The molecule has 333 valence electrons. The normalized spacial score (nSPS) is 16.9. The first-order valence-electron chi connectivity index (χ1n) is 17.0. The van der Waals surface area contributed by atoms with Gasteiger partial charge >= 0.3 is 56.0 Å². The van der Waals surface area contributed by atoms with Crippen molar-refractivity contribution >= 4 is 26.0 Å². The molecule has 3 atom stereocenters. The summed E-state index contributed by atoms with van der Waals surface area (Å²) in [6.07, 6.45) is -4.88. The molecular formula is C35H41BF12N2NaO9. The van der Waals surface area contributed by atoms with E-state index in [1.165, 1.54) is 36.4 Å². The first kappa shape index (κ1) is 56.7. The number of alkyl halides is 12. The molecule has 2 aromatic carbocycles. The fourth-order valence-corrected chi connectivity index (χ4v) is 5.62. The molecule has 4 rings (SSSR count). The Kier molecular flexibility index (Phi) is 25.4. The standard InChI is InChI=1S/C17H19F6NO4.C17H17F6NO4.CH4O.B.Na.H/c2*18-15(19)27-8-12(9-2-1-3-11(4-9)28-16(20)21)24-14(26)5-13(25)10-6-17(22,23)7-10;1-2;;;/h1-4,10,12-13,15-16,25H,5-8H2,(H,24,26);1-4,10,12,15-16H,5-8H2,(H,24,26);2H,1H3;;;/q;;;;+1;-1/t12-,13?;12-;;;;/m00..../s1. The molecule has 0 aromatic heterocycles. The first-order valence-corrected chi connectivity index (χ1v) is 17.0. The average Bonchev–Trinajstić information content (AvgIpc) is 3.10. The number of carbonyl (C=O) groups excluding carboxylic acids is 3. The summed E-state index contributed by atoms with van der Waals surface area (Å²) in [4.78, 5) is 36.0. The largest absolute Gasteiger partial charge is 1.00 e. The van der Waals surface area contributed by atoms with Crippen LogP contribution in [0.5, 0.6) is 11.5 Å². The van der Waals surface area contributed by atoms with Crippen LogP contribution in [0, 0.1) is 11.8 Å². The van der Waals surface area contributed by atoms with Gasteiger partial charge in [-0.05, 0) is 41.3 Å². The Bertz CT molecular complexity index is 1600. The van der Waals surface area contributed by atoms with Gasteiger partial charge < -0.3 is 41.2 Å². The van der Waals surface area contributed by atoms with Crippen LogP contribution in [0.4, 0.5) is 52.7 Å². The summed E-state index contributed by atoms with van der Waals surface area (Å²) in [6.45, 7) is -13.9. The molecule has 60 heavy (non-hydrogen) atoms. The van der Waals surface area contributed by atoms with E-state index >= 15 is 0 Å². The van der Waals surface area contributed by atoms with Crippen LogP contribution in [0.1, 0.15) is 63.2 Å². The SMILES string of the molecule is CO.O=C(CC(=O)C1CC(F)(F)C1)N[C@@H](COC(F)F)c1cccc(OC(F)F)c1.O=C(CC(O)C1CC(F)(F)C1)N[C@@H](COC(F)F)c1cccc(OC(F)F)c1.[B].[H-].[Na+]. The van der Waals surface area contributed by atoms with Crippen LogP contribution >= 0.6 is 0 Å². The van der Waals surface area contributed by atoms with Crippen molar-refractivity contribution in [2.75, 3.05) is 20.3 Å². The summed E-state index contributed by atoms with van der Waals surface area (Å²) in [5.41, 5.74) is 0.270. The Hall–Kier alpha value is -3.29. The molecule has 0 spiro atoms. The van der Waals surface area contributed by atoms with Crippen molar-refractivity contribution in [1.29, 1.82) is 0 Å². The van der Waals surface area contributed by atoms with E-state index < -0.39 is 138 Å². The predicted molar refractivity (Wildman–Crippen MR) is 182 cm³/mol. The number of ketones is 1. The van der Waals surface area contributed by atoms with Crippen LogP contribution in [0.25, 0.3) is 0 Å². The van der Waals surface area contributed by atoms with E-state index in [0.29, 0.717) is 0 Å². The van der Waals surface area contributed by atoms with E-state index in [9.17, 15) is 72.2 Å². The van der Waals surface area contributed by atoms with E-state index in [4.69, 9.17) is 5.11 Å². The van der Waals surface area contributed by atoms with Gasteiger partial charge in [0.05, 0.1) is 44.2 Å². The van der Waals surface area contributed by atoms with Gasteiger partial charge in [0.1, 0.15) is 17.3 Å². The second kappa shape index (κ2) is 26.9. The second-order valence-electron chi connectivity index (χ2n) is 12.7. The van der Waals surface area contributed by atoms with Crippen molar-refractivity contribution in [3.05, 3.63) is 59.7 Å². The molecule has 2 amide bonds. The maximum Gasteiger partial charge on any atom is 1.00 e. The minimum Gasteiger partial charge on any atom is -1.00 e. The molecule has 2 fully saturated rings. The summed E-state index contributed by atoms with van der Waals surface area (Å²) < 4.78 is 167. The molecule has 25 heteroatoms. The number of halogens is 12. The number of hydrogen-bond donors (Lipinski definition) is 4. The Balaban J connectivity index is 0. The van der Waals surface area contributed by atoms with Gasteiger partial charge in [0.15, 0.2) is 0 Å². The number of ether oxygens (including phenoxy) is 4. The molecule has 11 nitrogen and oxygen atoms in total. The molecule has 2 aliphatic carbocycles. The number of Topliss-reactive ketones (excluding diaryl/α,β-unsaturated/α-hetero) is 1. The van der Waals surface area contributed by atoms with Gasteiger partial charge in [0.2, 0.25) is 23.7 Å². The summed E-state index contributed by atoms with van der Waals surface area (Å²) in [6, 6.07) is 7.63. The topological polar surface area (TPSA) is 153 Å². The zero-order valence-corrected chi connectivity index (χ0v) is 33.8. The summed E-state index contributed by atoms with van der Waals surface area (Å²) in [5.74, 6) is -10.3. The molecular weight excluding hydrogens is 854 g/mol. The van der Waals surface area contributed by atoms with E-state index in [0.717, 1.165) is 19.2 Å². The summed E-state index contributed by atoms with van der Waals surface area (Å²) in [5, 5.41) is 21.5. The number of hydrogen-bond acceptors (Lipinski definition) is 9. The van der Waals surface area contributed by atoms with Gasteiger partial charge in [-0.1, -0.05) is 24.3 Å². The van der Waals surface area contributed by atoms with Gasteiger partial charge in [-0.3, -0.25) is 14.4 Å². The molecule has 0 heterocycles. The van der Waals surface area contributed by atoms with E-state index in [-0.39, 0.29) is 62.0 Å². The van der Waals surface area contributed by atoms with Crippen molar-refractivity contribution in [2.45, 2.75) is 95.0 Å². The number of nitrogens with one attached hydrogen (secondary N) is 2. The van der Waals surface area contributed by atoms with E-state index in [1.54, 1.807) is 0 Å². The fraction of sp³-hybridized carbons (Fsp3) is 0.571. The maximum absolute atomic E-state index is 12.9. The van der Waals surface area contributed by atoms with Crippen molar-refractivity contribution in [3.8, 4) is 11.5 Å². The van der Waals surface area contributed by atoms with Crippen LogP contribution in [-0.4, -0.2) is 101 Å². The fourth-order valence-electron chi connectivity index (χ4n) is 5.62. The quantitative estimate of drug-likeness (QED) is 0.0890. The molecule has 4 N–H and O–H groups in total. The Morgan fingerprint density at radius 3 is 1.47 bits per heavy atom. The zero-order valence-electron chi connectivity index (χ0n) is 32.8. The first-order chi connectivity index (χ1) is 27.1. The number of rotatable bonds is 20. The average molecular weight is 895 g/mol. The van der Waals surface area contributed by atoms with Crippen molar-refractivity contribution in [1.82, 2.24) is 10.6 Å². The Morgan fingerprint density at radius 2 is 1.10 bits per heavy atom. The zero-order chi connectivity index (χ0) is 43.8. The van der Waals surface area contributed by atoms with Crippen LogP contribution in [0.2, 0.25) is 0 Å². The van der Waals surface area contributed by atoms with Crippen LogP contribution in [0.15, 0.2) is 48.5 Å². The number of benzene rings is 2. The summed E-state index contributed by atoms with van der Waals surface area (Å²) >= 11 is 0. The predicted octanol–water partition coefficient (Wildman–Crippen LogP) is 3.51. The van der Waals surface area contributed by atoms with Crippen molar-refractivity contribution in [3.63, 3.8) is 0 Å². The maximum atomic E-state index is 12.9. The van der Waals surface area contributed by atoms with E-state index in [2.05, 4.69) is 29.6 Å². The van der Waals surface area contributed by atoms with Gasteiger partial charge in [0.25, 0.3) is 0 Å². The molecule has 1 unspecified atom stereocenters. The summed E-state index contributed by atoms with van der Waals surface area (Å²) in [7, 11) is 1.00. The number of carbonyl (C=O) groups is 3. The Labute approximate surface area is 361 Å². The smallest absolute Gasteiger partial charge is 1.00 e. The molecule has 2 saturated carbocycles. The van der Waals surface area contributed by atoms with Gasteiger partial charge in [-0.2, -0.15) is 35.1 Å². The molecule has 0 aliphatic heterocycles. The van der Waals surface area contributed by atoms with Crippen molar-refractivity contribution < 1.29 is 127 Å². The van der Waals surface area contributed by atoms with Gasteiger partial charge in [0, 0.05) is 47.1 Å². The van der Waals surface area contributed by atoms with Crippen molar-refractivity contribution in [2.24, 2.45) is 11.8 Å². The third-order valence-corrected chi connectivity index (χ3v) is 8.36. The number of aliphatic hydroxyl groups excluding tert-OH is 2. The molecule has 2 aliphatic rings. The molecule has 2 aromatic rings. The van der Waals surface area contributed by atoms with Crippen LogP contribution in [0.3, 0.4) is 0 Å². The monoisotopic (exact) mass is 895 g/mol. The molecule has 0 bridgehead atoms.